The van der Waals surface area contributed by atoms with Crippen molar-refractivity contribution >= 4 is 21.7 Å². The van der Waals surface area contributed by atoms with Crippen LogP contribution in [0, 0.1) is 6.92 Å². The Hall–Kier alpha value is -2.61. The molecule has 0 saturated carbocycles. The molecule has 23 heavy (non-hydrogen) atoms. The number of aryl methyl sites for hydroxylation is 1. The Labute approximate surface area is 134 Å². The maximum absolute atomic E-state index is 12.5. The van der Waals surface area contributed by atoms with Crippen LogP contribution >= 0.6 is 0 Å². The summed E-state index contributed by atoms with van der Waals surface area (Å²) in [5.41, 5.74) is 1.01. The van der Waals surface area contributed by atoms with E-state index in [2.05, 4.69) is 15.0 Å². The molecular formula is C15H17N3O4S. The van der Waals surface area contributed by atoms with E-state index in [1.54, 1.807) is 12.1 Å². The van der Waals surface area contributed by atoms with Gasteiger partial charge in [0.15, 0.2) is 0 Å². The Morgan fingerprint density at radius 3 is 2.57 bits per heavy atom. The number of aromatic nitrogens is 1. The van der Waals surface area contributed by atoms with Gasteiger partial charge in [-0.25, -0.2) is 13.4 Å². The second kappa shape index (κ2) is 6.66. The SMILES string of the molecule is CNC(=O)c1cc(S(=O)(=O)Nc2cc(C)ccn2)ccc1OC. The molecule has 1 heterocycles. The molecule has 0 bridgehead atoms. The summed E-state index contributed by atoms with van der Waals surface area (Å²) in [4.78, 5) is 15.8. The van der Waals surface area contributed by atoms with Gasteiger partial charge in [0.25, 0.3) is 15.9 Å². The zero-order valence-electron chi connectivity index (χ0n) is 13.0. The molecule has 0 spiro atoms. The maximum Gasteiger partial charge on any atom is 0.263 e. The van der Waals surface area contributed by atoms with E-state index >= 15 is 0 Å². The van der Waals surface area contributed by atoms with Gasteiger partial charge in [0.05, 0.1) is 17.6 Å². The van der Waals surface area contributed by atoms with Crippen LogP contribution in [0.3, 0.4) is 0 Å². The van der Waals surface area contributed by atoms with Gasteiger partial charge < -0.3 is 10.1 Å². The smallest absolute Gasteiger partial charge is 0.263 e. The first-order valence-electron chi connectivity index (χ1n) is 6.73. The third kappa shape index (κ3) is 3.78. The zero-order chi connectivity index (χ0) is 17.0. The fourth-order valence-electron chi connectivity index (χ4n) is 1.95. The summed E-state index contributed by atoms with van der Waals surface area (Å²) >= 11 is 0. The van der Waals surface area contributed by atoms with Crippen molar-refractivity contribution in [2.24, 2.45) is 0 Å². The Morgan fingerprint density at radius 2 is 1.96 bits per heavy atom. The third-order valence-electron chi connectivity index (χ3n) is 3.11. The van der Waals surface area contributed by atoms with Crippen LogP contribution in [0.1, 0.15) is 15.9 Å². The molecule has 0 fully saturated rings. The highest BCUT2D eigenvalue weighted by Gasteiger charge is 2.19. The molecule has 122 valence electrons. The number of ether oxygens (including phenoxy) is 1. The average molecular weight is 335 g/mol. The van der Waals surface area contributed by atoms with Gasteiger partial charge in [-0.2, -0.15) is 0 Å². The molecule has 1 amide bonds. The molecular weight excluding hydrogens is 318 g/mol. The van der Waals surface area contributed by atoms with Crippen molar-refractivity contribution in [2.45, 2.75) is 11.8 Å². The number of hydrogen-bond acceptors (Lipinski definition) is 5. The number of nitrogens with zero attached hydrogens (tertiary/aromatic N) is 1. The van der Waals surface area contributed by atoms with Crippen LogP contribution in [0.15, 0.2) is 41.4 Å². The lowest BCUT2D eigenvalue weighted by molar-refractivity contribution is 0.0960. The van der Waals surface area contributed by atoms with Crippen LogP contribution in [0.2, 0.25) is 0 Å². The monoisotopic (exact) mass is 335 g/mol. The van der Waals surface area contributed by atoms with E-state index in [0.717, 1.165) is 5.56 Å². The first kappa shape index (κ1) is 16.8. The summed E-state index contributed by atoms with van der Waals surface area (Å²) in [6.07, 6.45) is 1.51. The van der Waals surface area contributed by atoms with Crippen LogP contribution < -0.4 is 14.8 Å². The molecule has 0 aliphatic heterocycles. The summed E-state index contributed by atoms with van der Waals surface area (Å²) in [6.45, 7) is 1.83. The highest BCUT2D eigenvalue weighted by molar-refractivity contribution is 7.92. The van der Waals surface area contributed by atoms with E-state index in [-0.39, 0.29) is 22.0 Å². The van der Waals surface area contributed by atoms with Gasteiger partial charge >= 0.3 is 0 Å². The van der Waals surface area contributed by atoms with Gasteiger partial charge in [-0.3, -0.25) is 9.52 Å². The number of anilines is 1. The van der Waals surface area contributed by atoms with E-state index in [1.807, 2.05) is 6.92 Å². The summed E-state index contributed by atoms with van der Waals surface area (Å²) in [5, 5.41) is 2.45. The molecule has 2 aromatic rings. The molecule has 0 saturated heterocycles. The highest BCUT2D eigenvalue weighted by atomic mass is 32.2. The highest BCUT2D eigenvalue weighted by Crippen LogP contribution is 2.23. The number of methoxy groups -OCH3 is 1. The molecule has 8 heteroatoms. The summed E-state index contributed by atoms with van der Waals surface area (Å²) in [6, 6.07) is 7.43. The third-order valence-corrected chi connectivity index (χ3v) is 4.46. The van der Waals surface area contributed by atoms with Crippen molar-refractivity contribution in [1.82, 2.24) is 10.3 Å². The Bertz CT molecular complexity index is 834. The minimum Gasteiger partial charge on any atom is -0.496 e. The number of sulfonamides is 1. The van der Waals surface area contributed by atoms with Crippen LogP contribution in [-0.4, -0.2) is 33.5 Å². The average Bonchev–Trinajstić information content (AvgIpc) is 2.53. The zero-order valence-corrected chi connectivity index (χ0v) is 13.8. The first-order chi connectivity index (χ1) is 10.9. The maximum atomic E-state index is 12.5. The summed E-state index contributed by atoms with van der Waals surface area (Å²) in [7, 11) is -1.00. The number of amides is 1. The lowest BCUT2D eigenvalue weighted by Gasteiger charge is -2.11. The van der Waals surface area contributed by atoms with E-state index in [9.17, 15) is 13.2 Å². The van der Waals surface area contributed by atoms with Crippen molar-refractivity contribution in [1.29, 1.82) is 0 Å². The Kier molecular flexibility index (Phi) is 4.85. The molecule has 1 aromatic carbocycles. The molecule has 2 rings (SSSR count). The minimum atomic E-state index is -3.87. The van der Waals surface area contributed by atoms with Crippen molar-refractivity contribution in [3.8, 4) is 5.75 Å². The van der Waals surface area contributed by atoms with Gasteiger partial charge in [-0.15, -0.1) is 0 Å². The largest absolute Gasteiger partial charge is 0.496 e. The van der Waals surface area contributed by atoms with E-state index in [0.29, 0.717) is 0 Å². The van der Waals surface area contributed by atoms with Crippen molar-refractivity contribution in [2.75, 3.05) is 18.9 Å². The summed E-state index contributed by atoms with van der Waals surface area (Å²) in [5.74, 6) is 0.0619. The van der Waals surface area contributed by atoms with Crippen molar-refractivity contribution in [3.05, 3.63) is 47.7 Å². The Balaban J connectivity index is 2.42. The predicted octanol–water partition coefficient (Wildman–Crippen LogP) is 1.56. The lowest BCUT2D eigenvalue weighted by atomic mass is 10.2. The number of benzene rings is 1. The second-order valence-corrected chi connectivity index (χ2v) is 6.45. The van der Waals surface area contributed by atoms with E-state index in [1.165, 1.54) is 38.6 Å². The van der Waals surface area contributed by atoms with Crippen molar-refractivity contribution in [3.63, 3.8) is 0 Å². The van der Waals surface area contributed by atoms with Gasteiger partial charge in [0.1, 0.15) is 11.6 Å². The van der Waals surface area contributed by atoms with E-state index < -0.39 is 15.9 Å². The van der Waals surface area contributed by atoms with Gasteiger partial charge in [-0.1, -0.05) is 0 Å². The van der Waals surface area contributed by atoms with Gasteiger partial charge in [0.2, 0.25) is 0 Å². The fourth-order valence-corrected chi connectivity index (χ4v) is 2.98. The van der Waals surface area contributed by atoms with Crippen LogP contribution in [0.4, 0.5) is 5.82 Å². The Morgan fingerprint density at radius 1 is 1.22 bits per heavy atom. The predicted molar refractivity (Wildman–Crippen MR) is 86.2 cm³/mol. The molecule has 2 N–H and O–H groups in total. The number of hydrogen-bond donors (Lipinski definition) is 2. The lowest BCUT2D eigenvalue weighted by Crippen LogP contribution is -2.20. The van der Waals surface area contributed by atoms with Gasteiger partial charge in [-0.05, 0) is 42.8 Å². The second-order valence-electron chi connectivity index (χ2n) is 4.77. The standard InChI is InChI=1S/C15H17N3O4S/c1-10-6-7-17-14(8-10)18-23(20,21)11-4-5-13(22-3)12(9-11)15(19)16-2/h4-9H,1-3H3,(H,16,19)(H,17,18). The molecule has 0 unspecified atom stereocenters. The molecule has 1 aromatic heterocycles. The number of rotatable bonds is 5. The number of nitrogens with one attached hydrogen (secondary N) is 2. The summed E-state index contributed by atoms with van der Waals surface area (Å²) < 4.78 is 32.4. The number of pyridine rings is 1. The van der Waals surface area contributed by atoms with Crippen LogP contribution in [0.5, 0.6) is 5.75 Å². The number of carbonyl (C=O) groups excluding carboxylic acids is 1. The minimum absolute atomic E-state index is 0.0554. The molecule has 0 aliphatic rings. The fraction of sp³-hybridized carbons (Fsp3) is 0.200. The molecule has 0 radical (unpaired) electrons. The first-order valence-corrected chi connectivity index (χ1v) is 8.21. The van der Waals surface area contributed by atoms with E-state index in [4.69, 9.17) is 4.74 Å². The van der Waals surface area contributed by atoms with Crippen LogP contribution in [0.25, 0.3) is 0 Å². The number of carbonyl (C=O) groups is 1. The molecule has 0 aliphatic carbocycles. The topological polar surface area (TPSA) is 97.4 Å². The van der Waals surface area contributed by atoms with Crippen LogP contribution in [-0.2, 0) is 10.0 Å². The molecule has 7 nitrogen and oxygen atoms in total. The quantitative estimate of drug-likeness (QED) is 0.864. The normalized spacial score (nSPS) is 10.9. The van der Waals surface area contributed by atoms with Crippen molar-refractivity contribution < 1.29 is 17.9 Å². The van der Waals surface area contributed by atoms with Gasteiger partial charge in [0, 0.05) is 13.2 Å². The molecule has 0 atom stereocenters.